The van der Waals surface area contributed by atoms with Gasteiger partial charge in [-0.25, -0.2) is 8.78 Å². The van der Waals surface area contributed by atoms with E-state index in [1.165, 1.54) is 35.4 Å². The molecule has 5 aromatic rings. The van der Waals surface area contributed by atoms with Crippen LogP contribution in [0.2, 0.25) is 0 Å². The van der Waals surface area contributed by atoms with Gasteiger partial charge in [-0.15, -0.1) is 0 Å². The number of aromatic carboxylic acids is 2. The van der Waals surface area contributed by atoms with Gasteiger partial charge in [0.25, 0.3) is 0 Å². The van der Waals surface area contributed by atoms with Gasteiger partial charge in [0.05, 0.1) is 11.9 Å². The van der Waals surface area contributed by atoms with E-state index >= 15 is 0 Å². The summed E-state index contributed by atoms with van der Waals surface area (Å²) in [7, 11) is 0. The molecule has 8 heteroatoms. The summed E-state index contributed by atoms with van der Waals surface area (Å²) in [5.41, 5.74) is 3.33. The van der Waals surface area contributed by atoms with Crippen LogP contribution < -0.4 is 20.8 Å². The number of carboxylic acids is 2. The van der Waals surface area contributed by atoms with E-state index in [2.05, 4.69) is 48.7 Å². The lowest BCUT2D eigenvalue weighted by atomic mass is 10.0. The van der Waals surface area contributed by atoms with Gasteiger partial charge < -0.3 is 30.4 Å². The van der Waals surface area contributed by atoms with Crippen molar-refractivity contribution in [3.63, 3.8) is 0 Å². The minimum absolute atomic E-state index is 0.112. The summed E-state index contributed by atoms with van der Waals surface area (Å²) in [6, 6.07) is 40.6. The molecule has 0 heterocycles. The third kappa shape index (κ3) is 11.3. The zero-order valence-electron chi connectivity index (χ0n) is 27.6. The first-order valence-electron chi connectivity index (χ1n) is 15.8. The van der Waals surface area contributed by atoms with E-state index in [1.54, 1.807) is 12.1 Å². The molecule has 250 valence electrons. The fourth-order valence-corrected chi connectivity index (χ4v) is 5.34. The van der Waals surface area contributed by atoms with Gasteiger partial charge in [-0.3, -0.25) is 0 Å². The smallest absolute Gasteiger partial charge is 0.132 e. The summed E-state index contributed by atoms with van der Waals surface area (Å²) in [6.07, 6.45) is 0. The summed E-state index contributed by atoms with van der Waals surface area (Å²) in [5.74, 6) is -3.28. The van der Waals surface area contributed by atoms with Crippen LogP contribution in [0.3, 0.4) is 0 Å². The zero-order valence-corrected chi connectivity index (χ0v) is 27.6. The highest BCUT2D eigenvalue weighted by molar-refractivity contribution is 5.99. The number of carbonyl (C=O) groups excluding carboxylic acids is 2. The lowest BCUT2D eigenvalue weighted by Gasteiger charge is -2.17. The predicted molar refractivity (Wildman–Crippen MR) is 178 cm³/mol. The standard InChI is InChI=1S/2C16H18FN.C8H6O4/c2*1-12(14-8-4-3-5-9-14)18-13(2)15-10-6-7-11-16(15)17;9-7(10)5-3-1-2-4-6(5)8(11)12/h2*3-13,18H,1-2H3;1-4H,(H,9,10)(H,11,12)/t2*12-,13-;/m00./s1. The topological polar surface area (TPSA) is 113 Å². The Balaban J connectivity index is 0.000000200. The summed E-state index contributed by atoms with van der Waals surface area (Å²) in [6.45, 7) is 8.37. The Kier molecular flexibility index (Phi) is 14.6. The van der Waals surface area contributed by atoms with E-state index in [-0.39, 0.29) is 34.8 Å². The second-order valence-corrected chi connectivity index (χ2v) is 11.5. The Bertz CT molecular complexity index is 1610. The zero-order chi connectivity index (χ0) is 35.1. The normalized spacial score (nSPS) is 13.0. The van der Waals surface area contributed by atoms with Gasteiger partial charge in [-0.05, 0) is 39.8 Å². The molecule has 0 bridgehead atoms. The van der Waals surface area contributed by atoms with Gasteiger partial charge in [0.15, 0.2) is 0 Å². The van der Waals surface area contributed by atoms with Crippen LogP contribution in [0.1, 0.15) is 94.8 Å². The van der Waals surface area contributed by atoms with Crippen LogP contribution in [0.4, 0.5) is 8.78 Å². The molecule has 0 aliphatic carbocycles. The molecule has 0 fully saturated rings. The molecular weight excluding hydrogens is 610 g/mol. The summed E-state index contributed by atoms with van der Waals surface area (Å²) < 4.78 is 27.3. The second-order valence-electron chi connectivity index (χ2n) is 11.5. The molecule has 0 radical (unpaired) electrons. The van der Waals surface area contributed by atoms with Crippen LogP contribution in [0.5, 0.6) is 0 Å². The minimum Gasteiger partial charge on any atom is -0.545 e. The van der Waals surface area contributed by atoms with Crippen LogP contribution in [-0.4, -0.2) is 11.9 Å². The van der Waals surface area contributed by atoms with Gasteiger partial charge in [0.2, 0.25) is 0 Å². The van der Waals surface area contributed by atoms with Crippen LogP contribution in [0, 0.1) is 11.6 Å². The molecule has 0 aliphatic heterocycles. The molecule has 4 N–H and O–H groups in total. The van der Waals surface area contributed by atoms with Crippen molar-refractivity contribution in [1.29, 1.82) is 0 Å². The molecule has 5 rings (SSSR count). The molecule has 0 unspecified atom stereocenters. The van der Waals surface area contributed by atoms with Crippen molar-refractivity contribution in [2.75, 3.05) is 0 Å². The lowest BCUT2D eigenvalue weighted by molar-refractivity contribution is -0.729. The van der Waals surface area contributed by atoms with E-state index < -0.39 is 11.9 Å². The van der Waals surface area contributed by atoms with Crippen molar-refractivity contribution < 1.29 is 39.2 Å². The van der Waals surface area contributed by atoms with Gasteiger partial charge in [0, 0.05) is 33.4 Å². The number of carbonyl (C=O) groups is 2. The number of hydrogen-bond acceptors (Lipinski definition) is 4. The number of carboxylic acid groups (broad SMARTS) is 2. The highest BCUT2D eigenvalue weighted by Crippen LogP contribution is 2.16. The maximum Gasteiger partial charge on any atom is 0.132 e. The first-order chi connectivity index (χ1) is 23.0. The lowest BCUT2D eigenvalue weighted by Crippen LogP contribution is -2.85. The van der Waals surface area contributed by atoms with Crippen molar-refractivity contribution in [2.24, 2.45) is 0 Å². The summed E-state index contributed by atoms with van der Waals surface area (Å²) >= 11 is 0. The van der Waals surface area contributed by atoms with E-state index in [4.69, 9.17) is 0 Å². The van der Waals surface area contributed by atoms with Crippen molar-refractivity contribution in [1.82, 2.24) is 0 Å². The highest BCUT2D eigenvalue weighted by atomic mass is 19.1. The molecule has 0 spiro atoms. The molecule has 4 atom stereocenters. The summed E-state index contributed by atoms with van der Waals surface area (Å²) in [5, 5.41) is 25.0. The molecule has 0 aliphatic rings. The van der Waals surface area contributed by atoms with Crippen LogP contribution in [0.25, 0.3) is 0 Å². The Morgan fingerprint density at radius 1 is 0.458 bits per heavy atom. The fourth-order valence-electron chi connectivity index (χ4n) is 5.34. The Hall–Kier alpha value is -5.18. The van der Waals surface area contributed by atoms with Gasteiger partial charge in [-0.2, -0.15) is 0 Å². The molecular formula is C40H42F2N2O4. The Labute approximate surface area is 281 Å². The second kappa shape index (κ2) is 18.8. The molecule has 5 aromatic carbocycles. The number of benzene rings is 5. The maximum absolute atomic E-state index is 13.7. The van der Waals surface area contributed by atoms with Crippen LogP contribution >= 0.6 is 0 Å². The number of hydrogen-bond donors (Lipinski definition) is 2. The molecule has 0 aromatic heterocycles. The average Bonchev–Trinajstić information content (AvgIpc) is 3.09. The molecule has 0 saturated carbocycles. The van der Waals surface area contributed by atoms with E-state index in [0.29, 0.717) is 12.1 Å². The highest BCUT2D eigenvalue weighted by Gasteiger charge is 2.18. The average molecular weight is 653 g/mol. The number of halogens is 2. The fraction of sp³-hybridized carbons (Fsp3) is 0.200. The largest absolute Gasteiger partial charge is 0.545 e. The molecule has 0 saturated heterocycles. The third-order valence-corrected chi connectivity index (χ3v) is 7.96. The van der Waals surface area contributed by atoms with Gasteiger partial charge >= 0.3 is 0 Å². The van der Waals surface area contributed by atoms with E-state index in [1.807, 2.05) is 74.5 Å². The van der Waals surface area contributed by atoms with Crippen molar-refractivity contribution >= 4 is 11.9 Å². The third-order valence-electron chi connectivity index (χ3n) is 7.96. The SMILES string of the molecule is C[C@H]([NH2+][C@@H](C)c1ccccc1F)c1ccccc1.C[C@H]([NH2+][C@@H](C)c1ccccc1F)c1ccccc1.O=C([O-])c1ccccc1C(=O)[O-]. The van der Waals surface area contributed by atoms with Crippen LogP contribution in [0.15, 0.2) is 133 Å². The first kappa shape index (κ1) is 37.3. The minimum atomic E-state index is -1.52. The Morgan fingerprint density at radius 2 is 0.750 bits per heavy atom. The van der Waals surface area contributed by atoms with E-state index in [9.17, 15) is 28.6 Å². The van der Waals surface area contributed by atoms with E-state index in [0.717, 1.165) is 23.3 Å². The number of nitrogens with two attached hydrogens (primary N) is 2. The number of rotatable bonds is 10. The predicted octanol–water partition coefficient (Wildman–Crippen LogP) is 4.84. The molecule has 0 amide bonds. The maximum atomic E-state index is 13.7. The first-order valence-corrected chi connectivity index (χ1v) is 15.8. The van der Waals surface area contributed by atoms with Gasteiger partial charge in [-0.1, -0.05) is 121 Å². The van der Waals surface area contributed by atoms with Crippen LogP contribution in [-0.2, 0) is 0 Å². The van der Waals surface area contributed by atoms with Gasteiger partial charge in [0.1, 0.15) is 35.8 Å². The Morgan fingerprint density at radius 3 is 1.06 bits per heavy atom. The quantitative estimate of drug-likeness (QED) is 0.225. The molecule has 6 nitrogen and oxygen atoms in total. The summed E-state index contributed by atoms with van der Waals surface area (Å²) in [4.78, 5) is 20.6. The monoisotopic (exact) mass is 652 g/mol. The van der Waals surface area contributed by atoms with Crippen molar-refractivity contribution in [3.05, 3.63) is 178 Å². The number of quaternary nitrogens is 2. The van der Waals surface area contributed by atoms with Crippen molar-refractivity contribution in [3.8, 4) is 0 Å². The van der Waals surface area contributed by atoms with Crippen molar-refractivity contribution in [2.45, 2.75) is 51.9 Å². The molecule has 48 heavy (non-hydrogen) atoms.